The number of hydrogen-bond acceptors (Lipinski definition) is 3. The molecular weight excluding hydrogens is 363 g/mol. The van der Waals surface area contributed by atoms with Gasteiger partial charge in [0.2, 0.25) is 0 Å². The van der Waals surface area contributed by atoms with Crippen LogP contribution in [0.4, 0.5) is 0 Å². The summed E-state index contributed by atoms with van der Waals surface area (Å²) in [6.45, 7) is 6.83. The zero-order valence-electron chi connectivity index (χ0n) is 13.8. The third kappa shape index (κ3) is 2.94. The van der Waals surface area contributed by atoms with E-state index in [4.69, 9.17) is 11.6 Å². The van der Waals surface area contributed by atoms with Crippen LogP contribution in [0, 0.1) is 5.92 Å². The first kappa shape index (κ1) is 18.0. The third-order valence-corrected chi connectivity index (χ3v) is 6.91. The maximum absolute atomic E-state index is 12.8. The van der Waals surface area contributed by atoms with Crippen LogP contribution in [0.3, 0.4) is 0 Å². The van der Waals surface area contributed by atoms with Gasteiger partial charge in [-0.1, -0.05) is 17.7 Å². The number of thiophene rings is 1. The molecule has 6 heteroatoms. The average molecular weight is 385 g/mol. The van der Waals surface area contributed by atoms with E-state index in [1.807, 2.05) is 24.3 Å². The van der Waals surface area contributed by atoms with E-state index in [9.17, 15) is 4.79 Å². The minimum absolute atomic E-state index is 0. The summed E-state index contributed by atoms with van der Waals surface area (Å²) in [5.74, 6) is 0.650. The predicted octanol–water partition coefficient (Wildman–Crippen LogP) is 4.58. The Balaban J connectivity index is 0.00000169. The SMILES string of the molecule is CC1(C)C(NC(=O)c2cc3ccc(Cl)cc3s2)C2CCN1CC2.Cl. The summed E-state index contributed by atoms with van der Waals surface area (Å²) in [6.07, 6.45) is 2.38. The van der Waals surface area contributed by atoms with Crippen molar-refractivity contribution in [2.45, 2.75) is 38.3 Å². The molecule has 3 nitrogen and oxygen atoms in total. The molecule has 1 unspecified atom stereocenters. The lowest BCUT2D eigenvalue weighted by molar-refractivity contribution is -0.0377. The van der Waals surface area contributed by atoms with Crippen LogP contribution in [-0.4, -0.2) is 35.5 Å². The van der Waals surface area contributed by atoms with Crippen LogP contribution in [0.2, 0.25) is 5.02 Å². The van der Waals surface area contributed by atoms with Crippen LogP contribution >= 0.6 is 35.3 Å². The van der Waals surface area contributed by atoms with Gasteiger partial charge < -0.3 is 5.32 Å². The topological polar surface area (TPSA) is 32.3 Å². The van der Waals surface area contributed by atoms with Gasteiger partial charge in [-0.25, -0.2) is 0 Å². The van der Waals surface area contributed by atoms with Crippen molar-refractivity contribution >= 4 is 51.3 Å². The molecule has 0 radical (unpaired) electrons. The van der Waals surface area contributed by atoms with Crippen molar-refractivity contribution in [3.05, 3.63) is 34.2 Å². The minimum Gasteiger partial charge on any atom is -0.346 e. The maximum Gasteiger partial charge on any atom is 0.261 e. The van der Waals surface area contributed by atoms with E-state index in [2.05, 4.69) is 24.1 Å². The number of fused-ring (bicyclic) bond motifs is 4. The Morgan fingerprint density at radius 1 is 1.29 bits per heavy atom. The Kier molecular flexibility index (Phi) is 4.86. The molecule has 1 N–H and O–H groups in total. The molecule has 3 aliphatic heterocycles. The largest absolute Gasteiger partial charge is 0.346 e. The number of hydrogen-bond donors (Lipinski definition) is 1. The number of amides is 1. The fourth-order valence-corrected chi connectivity index (χ4v) is 5.45. The lowest BCUT2D eigenvalue weighted by Gasteiger charge is -2.56. The molecule has 1 amide bonds. The van der Waals surface area contributed by atoms with E-state index in [-0.39, 0.29) is 29.9 Å². The highest BCUT2D eigenvalue weighted by atomic mass is 35.5. The van der Waals surface area contributed by atoms with Crippen molar-refractivity contribution in [2.75, 3.05) is 13.1 Å². The first-order chi connectivity index (χ1) is 10.9. The quantitative estimate of drug-likeness (QED) is 0.821. The van der Waals surface area contributed by atoms with Gasteiger partial charge in [0.05, 0.1) is 4.88 Å². The number of benzene rings is 1. The molecule has 130 valence electrons. The normalized spacial score (nSPS) is 27.7. The highest BCUT2D eigenvalue weighted by molar-refractivity contribution is 7.20. The smallest absolute Gasteiger partial charge is 0.261 e. The van der Waals surface area contributed by atoms with Gasteiger partial charge >= 0.3 is 0 Å². The molecule has 2 aromatic rings. The van der Waals surface area contributed by atoms with Crippen LogP contribution in [0.5, 0.6) is 0 Å². The number of halogens is 2. The zero-order chi connectivity index (χ0) is 16.2. The summed E-state index contributed by atoms with van der Waals surface area (Å²) in [5.41, 5.74) is 0.0385. The van der Waals surface area contributed by atoms with E-state index in [0.717, 1.165) is 28.1 Å². The monoisotopic (exact) mass is 384 g/mol. The lowest BCUT2D eigenvalue weighted by Crippen LogP contribution is -2.69. The van der Waals surface area contributed by atoms with Crippen LogP contribution < -0.4 is 5.32 Å². The van der Waals surface area contributed by atoms with Gasteiger partial charge in [-0.15, -0.1) is 23.7 Å². The molecule has 4 heterocycles. The Bertz CT molecular complexity index is 765. The van der Waals surface area contributed by atoms with E-state index in [1.165, 1.54) is 24.2 Å². The molecular formula is C18H22Cl2N2OS. The first-order valence-electron chi connectivity index (χ1n) is 8.20. The summed E-state index contributed by atoms with van der Waals surface area (Å²) in [7, 11) is 0. The number of nitrogens with one attached hydrogen (secondary N) is 1. The molecule has 2 bridgehead atoms. The van der Waals surface area contributed by atoms with E-state index in [0.29, 0.717) is 10.9 Å². The molecule has 3 saturated heterocycles. The summed E-state index contributed by atoms with van der Waals surface area (Å²) in [4.78, 5) is 16.1. The first-order valence-corrected chi connectivity index (χ1v) is 9.39. The molecule has 0 aliphatic carbocycles. The number of piperidine rings is 3. The molecule has 0 saturated carbocycles. The van der Waals surface area contributed by atoms with Crippen LogP contribution in [-0.2, 0) is 0 Å². The number of carbonyl (C=O) groups excluding carboxylic acids is 1. The van der Waals surface area contributed by atoms with Crippen LogP contribution in [0.15, 0.2) is 24.3 Å². The molecule has 3 aliphatic rings. The Morgan fingerprint density at radius 3 is 2.67 bits per heavy atom. The van der Waals surface area contributed by atoms with Crippen molar-refractivity contribution in [3.63, 3.8) is 0 Å². The second-order valence-electron chi connectivity index (χ2n) is 7.22. The minimum atomic E-state index is 0. The van der Waals surface area contributed by atoms with Gasteiger partial charge in [0.25, 0.3) is 5.91 Å². The highest BCUT2D eigenvalue weighted by Crippen LogP contribution is 2.39. The van der Waals surface area contributed by atoms with Gasteiger partial charge in [0.15, 0.2) is 0 Å². The van der Waals surface area contributed by atoms with Gasteiger partial charge in [0, 0.05) is 21.3 Å². The molecule has 1 aromatic heterocycles. The third-order valence-electron chi connectivity index (χ3n) is 5.58. The second-order valence-corrected chi connectivity index (χ2v) is 8.74. The van der Waals surface area contributed by atoms with Gasteiger partial charge in [-0.3, -0.25) is 9.69 Å². The number of carbonyl (C=O) groups is 1. The molecule has 5 rings (SSSR count). The molecule has 1 aromatic carbocycles. The Hall–Kier alpha value is -0.810. The molecule has 3 fully saturated rings. The van der Waals surface area contributed by atoms with Crippen molar-refractivity contribution < 1.29 is 4.79 Å². The van der Waals surface area contributed by atoms with E-state index in [1.54, 1.807) is 0 Å². The van der Waals surface area contributed by atoms with Crippen molar-refractivity contribution in [1.82, 2.24) is 10.2 Å². The number of rotatable bonds is 2. The van der Waals surface area contributed by atoms with Crippen molar-refractivity contribution in [1.29, 1.82) is 0 Å². The molecule has 1 atom stereocenters. The van der Waals surface area contributed by atoms with Gasteiger partial charge in [0.1, 0.15) is 0 Å². The standard InChI is InChI=1S/C18H21ClN2OS.ClH/c1-18(2)16(11-5-7-21(18)8-6-11)20-17(22)15-9-12-3-4-13(19)10-14(12)23-15;/h3-4,9-11,16H,5-8H2,1-2H3,(H,20,22);1H. The Morgan fingerprint density at radius 2 is 2.00 bits per heavy atom. The number of nitrogens with zero attached hydrogens (tertiary/aromatic N) is 1. The lowest BCUT2D eigenvalue weighted by atomic mass is 9.72. The summed E-state index contributed by atoms with van der Waals surface area (Å²) < 4.78 is 1.07. The Labute approximate surface area is 157 Å². The molecule has 0 spiro atoms. The second kappa shape index (κ2) is 6.49. The fraction of sp³-hybridized carbons (Fsp3) is 0.500. The zero-order valence-corrected chi connectivity index (χ0v) is 16.2. The average Bonchev–Trinajstić information content (AvgIpc) is 2.94. The van der Waals surface area contributed by atoms with Gasteiger partial charge in [-0.2, -0.15) is 0 Å². The molecule has 24 heavy (non-hydrogen) atoms. The van der Waals surface area contributed by atoms with Crippen LogP contribution in [0.25, 0.3) is 10.1 Å². The van der Waals surface area contributed by atoms with Crippen molar-refractivity contribution in [2.24, 2.45) is 5.92 Å². The van der Waals surface area contributed by atoms with E-state index >= 15 is 0 Å². The van der Waals surface area contributed by atoms with Crippen molar-refractivity contribution in [3.8, 4) is 0 Å². The predicted molar refractivity (Wildman–Crippen MR) is 104 cm³/mol. The summed E-state index contributed by atoms with van der Waals surface area (Å²) in [6, 6.07) is 7.97. The maximum atomic E-state index is 12.8. The summed E-state index contributed by atoms with van der Waals surface area (Å²) in [5, 5.41) is 5.12. The van der Waals surface area contributed by atoms with Crippen LogP contribution in [0.1, 0.15) is 36.4 Å². The highest BCUT2D eigenvalue weighted by Gasteiger charge is 2.48. The summed E-state index contributed by atoms with van der Waals surface area (Å²) >= 11 is 7.56. The van der Waals surface area contributed by atoms with E-state index < -0.39 is 0 Å². The van der Waals surface area contributed by atoms with Gasteiger partial charge in [-0.05, 0) is 69.3 Å². The fourth-order valence-electron chi connectivity index (χ4n) is 4.21.